The highest BCUT2D eigenvalue weighted by Gasteiger charge is 2.36. The van der Waals surface area contributed by atoms with Crippen LogP contribution in [0.25, 0.3) is 6.08 Å². The van der Waals surface area contributed by atoms with E-state index in [0.29, 0.717) is 5.69 Å². The van der Waals surface area contributed by atoms with Crippen LogP contribution in [0.3, 0.4) is 0 Å². The van der Waals surface area contributed by atoms with Gasteiger partial charge in [0.2, 0.25) is 5.91 Å². The molecule has 1 aliphatic rings. The van der Waals surface area contributed by atoms with Crippen molar-refractivity contribution < 1.29 is 23.9 Å². The minimum absolute atomic E-state index is 0.124. The molecule has 0 spiro atoms. The number of nitrogens with zero attached hydrogens (tertiary/aromatic N) is 1. The molecule has 7 nitrogen and oxygen atoms in total. The second-order valence-electron chi connectivity index (χ2n) is 7.60. The van der Waals surface area contributed by atoms with E-state index in [9.17, 15) is 19.2 Å². The summed E-state index contributed by atoms with van der Waals surface area (Å²) >= 11 is 6.89. The molecule has 1 saturated heterocycles. The Kier molecular flexibility index (Phi) is 8.90. The van der Waals surface area contributed by atoms with Crippen LogP contribution in [-0.4, -0.2) is 41.1 Å². The molecule has 1 fully saturated rings. The number of halogens is 1. The van der Waals surface area contributed by atoms with E-state index in [1.165, 1.54) is 23.8 Å². The van der Waals surface area contributed by atoms with Crippen molar-refractivity contribution in [2.75, 3.05) is 18.5 Å². The molecule has 0 atom stereocenters. The summed E-state index contributed by atoms with van der Waals surface area (Å²) in [6.45, 7) is 3.86. The normalized spacial score (nSPS) is 14.6. The van der Waals surface area contributed by atoms with Gasteiger partial charge in [-0.25, -0.2) is 4.79 Å². The van der Waals surface area contributed by atoms with Crippen molar-refractivity contribution in [2.45, 2.75) is 33.1 Å². The molecule has 1 aliphatic heterocycles. The molecule has 1 heterocycles. The summed E-state index contributed by atoms with van der Waals surface area (Å²) in [4.78, 5) is 51.0. The van der Waals surface area contributed by atoms with Crippen LogP contribution in [0.15, 0.2) is 47.4 Å². The lowest BCUT2D eigenvalue weighted by Gasteiger charge is -2.13. The van der Waals surface area contributed by atoms with Gasteiger partial charge in [0, 0.05) is 5.69 Å². The number of hydrogen-bond acceptors (Lipinski definition) is 6. The van der Waals surface area contributed by atoms with E-state index in [4.69, 9.17) is 16.3 Å². The lowest BCUT2D eigenvalue weighted by Crippen LogP contribution is -2.36. The van der Waals surface area contributed by atoms with Gasteiger partial charge in [-0.3, -0.25) is 19.3 Å². The molecule has 0 bridgehead atoms. The quantitative estimate of drug-likeness (QED) is 0.276. The highest BCUT2D eigenvalue weighted by atomic mass is 35.5. The van der Waals surface area contributed by atoms with Crippen LogP contribution < -0.4 is 5.32 Å². The van der Waals surface area contributed by atoms with E-state index in [1.54, 1.807) is 6.08 Å². The van der Waals surface area contributed by atoms with E-state index in [1.807, 2.05) is 31.2 Å². The summed E-state index contributed by atoms with van der Waals surface area (Å²) in [5, 5.41) is 2.27. The maximum atomic E-state index is 12.7. The summed E-state index contributed by atoms with van der Waals surface area (Å²) in [5.74, 6) is -1.69. The van der Waals surface area contributed by atoms with Crippen LogP contribution in [0, 0.1) is 0 Å². The number of imide groups is 1. The van der Waals surface area contributed by atoms with Gasteiger partial charge in [-0.2, -0.15) is 0 Å². The molecular formula is C25H25ClN2O5S. The van der Waals surface area contributed by atoms with Crippen molar-refractivity contribution in [1.29, 1.82) is 0 Å². The first kappa shape index (κ1) is 25.5. The van der Waals surface area contributed by atoms with Gasteiger partial charge in [-0.05, 0) is 60.0 Å². The Balaban J connectivity index is 1.64. The van der Waals surface area contributed by atoms with E-state index >= 15 is 0 Å². The first-order valence-electron chi connectivity index (χ1n) is 10.9. The molecule has 0 saturated carbocycles. The number of thioether (sulfide) groups is 1. The summed E-state index contributed by atoms with van der Waals surface area (Å²) in [6, 6.07) is 12.1. The number of anilines is 1. The van der Waals surface area contributed by atoms with Gasteiger partial charge in [0.15, 0.2) is 0 Å². The van der Waals surface area contributed by atoms with E-state index in [-0.39, 0.29) is 22.1 Å². The number of esters is 1. The Hall–Kier alpha value is -3.10. The van der Waals surface area contributed by atoms with E-state index < -0.39 is 29.6 Å². The highest BCUT2D eigenvalue weighted by Crippen LogP contribution is 2.32. The van der Waals surface area contributed by atoms with Gasteiger partial charge < -0.3 is 10.1 Å². The predicted octanol–water partition coefficient (Wildman–Crippen LogP) is 5.53. The molecule has 3 rings (SSSR count). The lowest BCUT2D eigenvalue weighted by molar-refractivity contribution is -0.127. The molecule has 1 N–H and O–H groups in total. The molecule has 9 heteroatoms. The van der Waals surface area contributed by atoms with Crippen molar-refractivity contribution in [3.63, 3.8) is 0 Å². The van der Waals surface area contributed by atoms with Crippen molar-refractivity contribution in [1.82, 2.24) is 4.90 Å². The largest absolute Gasteiger partial charge is 0.462 e. The monoisotopic (exact) mass is 500 g/mol. The average Bonchev–Trinajstić information content (AvgIpc) is 3.08. The number of benzene rings is 2. The minimum atomic E-state index is -0.586. The number of nitrogens with one attached hydrogen (secondary N) is 1. The third kappa shape index (κ3) is 6.48. The summed E-state index contributed by atoms with van der Waals surface area (Å²) in [6.07, 6.45) is 4.15. The number of ether oxygens (including phenoxy) is 1. The first-order valence-corrected chi connectivity index (χ1v) is 12.1. The van der Waals surface area contributed by atoms with Crippen molar-refractivity contribution in [3.05, 3.63) is 69.1 Å². The molecule has 2 aromatic rings. The summed E-state index contributed by atoms with van der Waals surface area (Å²) in [5.41, 5.74) is 2.39. The van der Waals surface area contributed by atoms with Crippen molar-refractivity contribution >= 4 is 58.1 Å². The number of rotatable bonds is 9. The molecule has 34 heavy (non-hydrogen) atoms. The average molecular weight is 501 g/mol. The SMILES string of the molecule is CCCCOC(=O)c1cc(NC(=O)CN2C(=O)S/C(=C\c3ccc(CC)cc3)C2=O)ccc1Cl. The summed E-state index contributed by atoms with van der Waals surface area (Å²) in [7, 11) is 0. The number of carbonyl (C=O) groups excluding carboxylic acids is 4. The smallest absolute Gasteiger partial charge is 0.339 e. The fourth-order valence-electron chi connectivity index (χ4n) is 3.13. The molecule has 0 unspecified atom stereocenters. The highest BCUT2D eigenvalue weighted by molar-refractivity contribution is 8.18. The lowest BCUT2D eigenvalue weighted by atomic mass is 10.1. The van der Waals surface area contributed by atoms with Crippen LogP contribution in [0.2, 0.25) is 5.02 Å². The fourth-order valence-corrected chi connectivity index (χ4v) is 4.16. The molecule has 2 aromatic carbocycles. The number of hydrogen-bond donors (Lipinski definition) is 1. The van der Waals surface area contributed by atoms with Gasteiger partial charge in [-0.1, -0.05) is 56.1 Å². The Morgan fingerprint density at radius 1 is 1.12 bits per heavy atom. The van der Waals surface area contributed by atoms with Gasteiger partial charge >= 0.3 is 5.97 Å². The Labute approximate surface area is 207 Å². The second kappa shape index (κ2) is 11.9. The van der Waals surface area contributed by atoms with Gasteiger partial charge in [0.05, 0.1) is 22.1 Å². The third-order valence-electron chi connectivity index (χ3n) is 5.06. The Morgan fingerprint density at radius 3 is 2.53 bits per heavy atom. The van der Waals surface area contributed by atoms with E-state index in [2.05, 4.69) is 12.2 Å². The van der Waals surface area contributed by atoms with Crippen LogP contribution in [0.1, 0.15) is 48.2 Å². The Bertz CT molecular complexity index is 1130. The molecular weight excluding hydrogens is 476 g/mol. The Morgan fingerprint density at radius 2 is 1.85 bits per heavy atom. The topological polar surface area (TPSA) is 92.8 Å². The maximum Gasteiger partial charge on any atom is 0.339 e. The maximum absolute atomic E-state index is 12.7. The first-order chi connectivity index (χ1) is 16.3. The van der Waals surface area contributed by atoms with Gasteiger partial charge in [-0.15, -0.1) is 0 Å². The minimum Gasteiger partial charge on any atom is -0.462 e. The van der Waals surface area contributed by atoms with Crippen LogP contribution in [0.5, 0.6) is 0 Å². The van der Waals surface area contributed by atoms with Crippen LogP contribution in [0.4, 0.5) is 10.5 Å². The van der Waals surface area contributed by atoms with Crippen LogP contribution in [-0.2, 0) is 20.7 Å². The predicted molar refractivity (Wildman–Crippen MR) is 134 cm³/mol. The molecule has 0 aromatic heterocycles. The zero-order valence-electron chi connectivity index (χ0n) is 18.9. The standard InChI is InChI=1S/C25H25ClN2O5S/c1-3-5-12-33-24(31)19-14-18(10-11-20(19)26)27-22(29)15-28-23(30)21(34-25(28)32)13-17-8-6-16(4-2)7-9-17/h6-11,13-14H,3-5,12,15H2,1-2H3,(H,27,29)/b21-13-. The summed E-state index contributed by atoms with van der Waals surface area (Å²) < 4.78 is 5.18. The molecule has 0 aliphatic carbocycles. The van der Waals surface area contributed by atoms with E-state index in [0.717, 1.165) is 41.5 Å². The molecule has 3 amide bonds. The van der Waals surface area contributed by atoms with Crippen molar-refractivity contribution in [2.24, 2.45) is 0 Å². The zero-order chi connectivity index (χ0) is 24.7. The van der Waals surface area contributed by atoms with Crippen LogP contribution >= 0.6 is 23.4 Å². The number of carbonyl (C=O) groups is 4. The van der Waals surface area contributed by atoms with Gasteiger partial charge in [0.1, 0.15) is 6.54 Å². The zero-order valence-corrected chi connectivity index (χ0v) is 20.5. The molecule has 0 radical (unpaired) electrons. The van der Waals surface area contributed by atoms with Crippen molar-refractivity contribution in [3.8, 4) is 0 Å². The number of amides is 3. The number of aryl methyl sites for hydroxylation is 1. The third-order valence-corrected chi connectivity index (χ3v) is 6.30. The fraction of sp³-hybridized carbons (Fsp3) is 0.280. The number of unbranched alkanes of at least 4 members (excludes halogenated alkanes) is 1. The molecule has 178 valence electrons. The van der Waals surface area contributed by atoms with Gasteiger partial charge in [0.25, 0.3) is 11.1 Å². The second-order valence-corrected chi connectivity index (χ2v) is 9.00.